The van der Waals surface area contributed by atoms with E-state index in [2.05, 4.69) is 38.0 Å². The zero-order chi connectivity index (χ0) is 12.3. The Kier molecular flexibility index (Phi) is 4.18. The monoisotopic (exact) mass is 308 g/mol. The highest BCUT2D eigenvalue weighted by Gasteiger charge is 2.03. The first kappa shape index (κ1) is 12.6. The maximum absolute atomic E-state index is 4.42. The molecule has 1 aromatic heterocycles. The molecule has 0 aliphatic rings. The third-order valence-corrected chi connectivity index (χ3v) is 3.95. The van der Waals surface area contributed by atoms with Gasteiger partial charge in [0.05, 0.1) is 0 Å². The van der Waals surface area contributed by atoms with Gasteiger partial charge in [0.15, 0.2) is 5.16 Å². The van der Waals surface area contributed by atoms with E-state index in [1.54, 1.807) is 11.8 Å². The Morgan fingerprint density at radius 2 is 1.76 bits per heavy atom. The number of hydrogen-bond donors (Lipinski definition) is 0. The number of nitrogens with zero attached hydrogens (tertiary/aromatic N) is 2. The van der Waals surface area contributed by atoms with E-state index >= 15 is 0 Å². The minimum atomic E-state index is 0.846. The Morgan fingerprint density at radius 1 is 1.12 bits per heavy atom. The lowest BCUT2D eigenvalue weighted by Crippen LogP contribution is -1.93. The van der Waals surface area contributed by atoms with Crippen molar-refractivity contribution in [2.24, 2.45) is 0 Å². The lowest BCUT2D eigenvalue weighted by molar-refractivity contribution is 0.902. The topological polar surface area (TPSA) is 25.8 Å². The van der Waals surface area contributed by atoms with Crippen molar-refractivity contribution in [3.63, 3.8) is 0 Å². The molecule has 0 saturated carbocycles. The Hall–Kier alpha value is -0.870. The summed E-state index contributed by atoms with van der Waals surface area (Å²) in [5.74, 6) is 0.879. The minimum absolute atomic E-state index is 0.846. The van der Waals surface area contributed by atoms with Crippen LogP contribution in [0.25, 0.3) is 0 Å². The van der Waals surface area contributed by atoms with Gasteiger partial charge >= 0.3 is 0 Å². The number of aryl methyl sites for hydroxylation is 2. The van der Waals surface area contributed by atoms with Gasteiger partial charge in [-0.25, -0.2) is 9.97 Å². The standard InChI is InChI=1S/C13H13BrN2S/c1-9-7-10(2)16-13(15-9)17-8-11-5-3-4-6-12(11)14/h3-7H,8H2,1-2H3. The maximum Gasteiger partial charge on any atom is 0.188 e. The van der Waals surface area contributed by atoms with E-state index in [1.165, 1.54) is 5.56 Å². The summed E-state index contributed by atoms with van der Waals surface area (Å²) in [5.41, 5.74) is 3.31. The highest BCUT2D eigenvalue weighted by Crippen LogP contribution is 2.24. The number of hydrogen-bond acceptors (Lipinski definition) is 3. The molecule has 0 unspecified atom stereocenters. The molecule has 4 heteroatoms. The van der Waals surface area contributed by atoms with E-state index in [4.69, 9.17) is 0 Å². The van der Waals surface area contributed by atoms with E-state index in [1.807, 2.05) is 32.0 Å². The van der Waals surface area contributed by atoms with Crippen molar-refractivity contribution >= 4 is 27.7 Å². The van der Waals surface area contributed by atoms with Crippen LogP contribution in [0, 0.1) is 13.8 Å². The van der Waals surface area contributed by atoms with Crippen LogP contribution >= 0.6 is 27.7 Å². The number of benzene rings is 1. The first-order valence-electron chi connectivity index (χ1n) is 5.33. The molecule has 0 radical (unpaired) electrons. The molecule has 0 fully saturated rings. The smallest absolute Gasteiger partial charge is 0.188 e. The zero-order valence-electron chi connectivity index (χ0n) is 9.77. The van der Waals surface area contributed by atoms with E-state index < -0.39 is 0 Å². The summed E-state index contributed by atoms with van der Waals surface area (Å²) in [6.07, 6.45) is 0. The summed E-state index contributed by atoms with van der Waals surface area (Å²) in [6.45, 7) is 3.99. The largest absolute Gasteiger partial charge is 0.228 e. The molecule has 1 heterocycles. The lowest BCUT2D eigenvalue weighted by Gasteiger charge is -2.04. The summed E-state index contributed by atoms with van der Waals surface area (Å²) in [5, 5.41) is 0.846. The average Bonchev–Trinajstić information content (AvgIpc) is 2.27. The molecule has 0 spiro atoms. The normalized spacial score (nSPS) is 10.5. The summed E-state index contributed by atoms with van der Waals surface area (Å²) < 4.78 is 1.14. The molecule has 0 amide bonds. The molecular weight excluding hydrogens is 296 g/mol. The lowest BCUT2D eigenvalue weighted by atomic mass is 10.2. The highest BCUT2D eigenvalue weighted by atomic mass is 79.9. The number of halogens is 1. The summed E-state index contributed by atoms with van der Waals surface area (Å²) >= 11 is 5.21. The molecule has 0 atom stereocenters. The number of rotatable bonds is 3. The van der Waals surface area contributed by atoms with Gasteiger partial charge in [0.25, 0.3) is 0 Å². The third-order valence-electron chi connectivity index (χ3n) is 2.28. The van der Waals surface area contributed by atoms with Crippen molar-refractivity contribution in [1.29, 1.82) is 0 Å². The maximum atomic E-state index is 4.42. The Bertz CT molecular complexity index is 508. The van der Waals surface area contributed by atoms with Crippen molar-refractivity contribution in [2.45, 2.75) is 24.8 Å². The van der Waals surface area contributed by atoms with Crippen LogP contribution in [0.15, 0.2) is 40.0 Å². The van der Waals surface area contributed by atoms with E-state index in [0.717, 1.165) is 26.8 Å². The molecule has 0 aliphatic heterocycles. The minimum Gasteiger partial charge on any atom is -0.228 e. The van der Waals surface area contributed by atoms with Crippen molar-refractivity contribution < 1.29 is 0 Å². The number of thioether (sulfide) groups is 1. The van der Waals surface area contributed by atoms with Crippen molar-refractivity contribution in [1.82, 2.24) is 9.97 Å². The summed E-state index contributed by atoms with van der Waals surface area (Å²) in [4.78, 5) is 8.83. The second-order valence-electron chi connectivity index (χ2n) is 3.81. The first-order chi connectivity index (χ1) is 8.15. The van der Waals surface area contributed by atoms with Crippen molar-refractivity contribution in [3.8, 4) is 0 Å². The molecule has 17 heavy (non-hydrogen) atoms. The molecular formula is C13H13BrN2S. The predicted octanol–water partition coefficient (Wildman–Crippen LogP) is 4.15. The van der Waals surface area contributed by atoms with Crippen LogP contribution in [0.3, 0.4) is 0 Å². The van der Waals surface area contributed by atoms with Crippen molar-refractivity contribution in [3.05, 3.63) is 51.8 Å². The van der Waals surface area contributed by atoms with Crippen LogP contribution in [-0.4, -0.2) is 9.97 Å². The summed E-state index contributed by atoms with van der Waals surface area (Å²) in [6, 6.07) is 10.2. The van der Waals surface area contributed by atoms with Gasteiger partial charge in [-0.05, 0) is 31.5 Å². The molecule has 0 bridgehead atoms. The van der Waals surface area contributed by atoms with Gasteiger partial charge in [0.2, 0.25) is 0 Å². The molecule has 2 aromatic rings. The van der Waals surface area contributed by atoms with Crippen molar-refractivity contribution in [2.75, 3.05) is 0 Å². The van der Waals surface area contributed by atoms with E-state index in [9.17, 15) is 0 Å². The first-order valence-corrected chi connectivity index (χ1v) is 7.11. The van der Waals surface area contributed by atoms with Crippen LogP contribution < -0.4 is 0 Å². The van der Waals surface area contributed by atoms with Gasteiger partial charge in [-0.3, -0.25) is 0 Å². The van der Waals surface area contributed by atoms with Crippen LogP contribution in [-0.2, 0) is 5.75 Å². The van der Waals surface area contributed by atoms with Gasteiger partial charge in [0.1, 0.15) is 0 Å². The van der Waals surface area contributed by atoms with Gasteiger partial charge in [-0.15, -0.1) is 0 Å². The molecule has 0 N–H and O–H groups in total. The number of aromatic nitrogens is 2. The van der Waals surface area contributed by atoms with Crippen LogP contribution in [0.1, 0.15) is 17.0 Å². The Labute approximate surface area is 114 Å². The van der Waals surface area contributed by atoms with Gasteiger partial charge in [-0.2, -0.15) is 0 Å². The second kappa shape index (κ2) is 5.65. The molecule has 2 nitrogen and oxygen atoms in total. The fourth-order valence-electron chi connectivity index (χ4n) is 1.52. The van der Waals surface area contributed by atoms with Crippen LogP contribution in [0.5, 0.6) is 0 Å². The fraction of sp³-hybridized carbons (Fsp3) is 0.231. The molecule has 1 aromatic carbocycles. The Morgan fingerprint density at radius 3 is 2.41 bits per heavy atom. The van der Waals surface area contributed by atoms with Crippen LogP contribution in [0.2, 0.25) is 0 Å². The SMILES string of the molecule is Cc1cc(C)nc(SCc2ccccc2Br)n1. The Balaban J connectivity index is 2.10. The molecule has 2 rings (SSSR count). The third kappa shape index (κ3) is 3.54. The van der Waals surface area contributed by atoms with Gasteiger partial charge in [-0.1, -0.05) is 45.9 Å². The highest BCUT2D eigenvalue weighted by molar-refractivity contribution is 9.10. The fourth-order valence-corrected chi connectivity index (χ4v) is 3.08. The van der Waals surface area contributed by atoms with E-state index in [0.29, 0.717) is 0 Å². The van der Waals surface area contributed by atoms with Gasteiger partial charge in [0, 0.05) is 21.6 Å². The molecule has 0 saturated heterocycles. The summed E-state index contributed by atoms with van der Waals surface area (Å²) in [7, 11) is 0. The second-order valence-corrected chi connectivity index (χ2v) is 5.61. The average molecular weight is 309 g/mol. The predicted molar refractivity (Wildman–Crippen MR) is 75.2 cm³/mol. The molecule has 88 valence electrons. The van der Waals surface area contributed by atoms with Crippen LogP contribution in [0.4, 0.5) is 0 Å². The van der Waals surface area contributed by atoms with Gasteiger partial charge < -0.3 is 0 Å². The molecule has 0 aliphatic carbocycles. The zero-order valence-corrected chi connectivity index (χ0v) is 12.2. The van der Waals surface area contributed by atoms with E-state index in [-0.39, 0.29) is 0 Å². The quantitative estimate of drug-likeness (QED) is 0.629.